The van der Waals surface area contributed by atoms with Crippen LogP contribution >= 0.6 is 0 Å². The number of amides is 2. The van der Waals surface area contributed by atoms with Gasteiger partial charge in [0.15, 0.2) is 11.5 Å². The van der Waals surface area contributed by atoms with Gasteiger partial charge in [-0.1, -0.05) is 24.3 Å². The highest BCUT2D eigenvalue weighted by atomic mass is 16.5. The van der Waals surface area contributed by atoms with Crippen LogP contribution in [0.3, 0.4) is 0 Å². The van der Waals surface area contributed by atoms with E-state index in [4.69, 9.17) is 9.47 Å². The molecule has 6 nitrogen and oxygen atoms in total. The maximum Gasteiger partial charge on any atom is 0.291 e. The summed E-state index contributed by atoms with van der Waals surface area (Å²) in [7, 11) is 1.58. The molecule has 0 bridgehead atoms. The molecule has 2 amide bonds. The summed E-state index contributed by atoms with van der Waals surface area (Å²) in [6.07, 6.45) is 1.64. The molecular weight excluding hydrogens is 320 g/mol. The highest BCUT2D eigenvalue weighted by Gasteiger charge is 2.21. The van der Waals surface area contributed by atoms with Crippen molar-refractivity contribution in [2.24, 2.45) is 0 Å². The van der Waals surface area contributed by atoms with Crippen LogP contribution in [0.5, 0.6) is 5.75 Å². The van der Waals surface area contributed by atoms with E-state index in [0.717, 1.165) is 5.56 Å². The van der Waals surface area contributed by atoms with Crippen molar-refractivity contribution in [3.05, 3.63) is 65.4 Å². The first-order valence-electron chi connectivity index (χ1n) is 7.84. The number of carbonyl (C=O) groups is 2. The minimum Gasteiger partial charge on any atom is -0.449 e. The third kappa shape index (κ3) is 4.05. The fraction of sp³-hybridized carbons (Fsp3) is 0.158. The molecule has 128 valence electrons. The number of fused-ring (bicyclic) bond motifs is 1. The first-order valence-corrected chi connectivity index (χ1v) is 7.84. The van der Waals surface area contributed by atoms with Crippen LogP contribution in [0.15, 0.2) is 54.3 Å². The van der Waals surface area contributed by atoms with E-state index >= 15 is 0 Å². The summed E-state index contributed by atoms with van der Waals surface area (Å²) in [6, 6.07) is 14.1. The van der Waals surface area contributed by atoms with E-state index in [9.17, 15) is 9.59 Å². The Morgan fingerprint density at radius 3 is 2.72 bits per heavy atom. The molecule has 0 radical (unpaired) electrons. The van der Waals surface area contributed by atoms with Gasteiger partial charge in [0, 0.05) is 19.2 Å². The summed E-state index contributed by atoms with van der Waals surface area (Å²) >= 11 is 0. The molecule has 0 unspecified atom stereocenters. The molecule has 0 spiro atoms. The van der Waals surface area contributed by atoms with Gasteiger partial charge in [-0.2, -0.15) is 0 Å². The Balaban J connectivity index is 1.72. The van der Waals surface area contributed by atoms with Gasteiger partial charge in [-0.25, -0.2) is 0 Å². The Labute approximate surface area is 145 Å². The van der Waals surface area contributed by atoms with Crippen LogP contribution in [0.25, 0.3) is 6.08 Å². The monoisotopic (exact) mass is 338 g/mol. The highest BCUT2D eigenvalue weighted by Crippen LogP contribution is 2.30. The van der Waals surface area contributed by atoms with Gasteiger partial charge in [-0.15, -0.1) is 0 Å². The van der Waals surface area contributed by atoms with Gasteiger partial charge in [-0.3, -0.25) is 9.59 Å². The zero-order valence-electron chi connectivity index (χ0n) is 13.7. The van der Waals surface area contributed by atoms with Crippen molar-refractivity contribution >= 4 is 23.6 Å². The second-order valence-corrected chi connectivity index (χ2v) is 5.43. The summed E-state index contributed by atoms with van der Waals surface area (Å²) in [6.45, 7) is 0.915. The summed E-state index contributed by atoms with van der Waals surface area (Å²) in [4.78, 5) is 24.0. The van der Waals surface area contributed by atoms with Gasteiger partial charge in [0.2, 0.25) is 0 Å². The Bertz CT molecular complexity index is 812. The predicted molar refractivity (Wildman–Crippen MR) is 94.3 cm³/mol. The van der Waals surface area contributed by atoms with E-state index in [-0.39, 0.29) is 17.6 Å². The van der Waals surface area contributed by atoms with Crippen LogP contribution in [0.4, 0.5) is 5.69 Å². The molecule has 0 aromatic heterocycles. The summed E-state index contributed by atoms with van der Waals surface area (Å²) < 4.78 is 10.5. The van der Waals surface area contributed by atoms with E-state index < -0.39 is 0 Å². The van der Waals surface area contributed by atoms with Crippen LogP contribution in [-0.2, 0) is 9.53 Å². The Hall–Kier alpha value is -3.12. The maximum absolute atomic E-state index is 12.1. The molecule has 3 rings (SSSR count). The number of hydrogen-bond acceptors (Lipinski definition) is 4. The lowest BCUT2D eigenvalue weighted by molar-refractivity contribution is -0.115. The predicted octanol–water partition coefficient (Wildman–Crippen LogP) is 2.43. The topological polar surface area (TPSA) is 76.7 Å². The molecule has 0 saturated heterocycles. The van der Waals surface area contributed by atoms with E-state index in [1.54, 1.807) is 49.6 Å². The Kier molecular flexibility index (Phi) is 5.11. The Morgan fingerprint density at radius 1 is 1.20 bits per heavy atom. The summed E-state index contributed by atoms with van der Waals surface area (Å²) in [5.41, 5.74) is 1.95. The van der Waals surface area contributed by atoms with Crippen molar-refractivity contribution in [3.63, 3.8) is 0 Å². The highest BCUT2D eigenvalue weighted by molar-refractivity contribution is 6.08. The van der Waals surface area contributed by atoms with Crippen molar-refractivity contribution in [1.29, 1.82) is 0 Å². The minimum absolute atomic E-state index is 0.170. The third-order valence-electron chi connectivity index (χ3n) is 3.64. The largest absolute Gasteiger partial charge is 0.449 e. The zero-order valence-corrected chi connectivity index (χ0v) is 13.7. The molecule has 2 aromatic rings. The molecule has 0 saturated carbocycles. The molecule has 6 heteroatoms. The lowest BCUT2D eigenvalue weighted by Gasteiger charge is -2.19. The van der Waals surface area contributed by atoms with Gasteiger partial charge >= 0.3 is 0 Å². The molecule has 0 fully saturated rings. The van der Waals surface area contributed by atoms with E-state index in [1.807, 2.05) is 12.1 Å². The number of nitrogens with one attached hydrogen (secondary N) is 2. The fourth-order valence-electron chi connectivity index (χ4n) is 2.35. The number of hydrogen-bond donors (Lipinski definition) is 2. The van der Waals surface area contributed by atoms with Crippen LogP contribution in [-0.4, -0.2) is 32.1 Å². The second kappa shape index (κ2) is 7.63. The quantitative estimate of drug-likeness (QED) is 0.648. The van der Waals surface area contributed by atoms with Crippen molar-refractivity contribution in [2.75, 3.05) is 25.6 Å². The van der Waals surface area contributed by atoms with Crippen LogP contribution in [0, 0.1) is 0 Å². The molecule has 2 aromatic carbocycles. The van der Waals surface area contributed by atoms with Crippen LogP contribution in [0.1, 0.15) is 15.9 Å². The third-order valence-corrected chi connectivity index (χ3v) is 3.64. The lowest BCUT2D eigenvalue weighted by Crippen LogP contribution is -2.26. The van der Waals surface area contributed by atoms with Gasteiger partial charge < -0.3 is 20.1 Å². The lowest BCUT2D eigenvalue weighted by atomic mass is 10.1. The molecule has 2 N–H and O–H groups in total. The first kappa shape index (κ1) is 16.7. The van der Waals surface area contributed by atoms with Gasteiger partial charge in [0.1, 0.15) is 0 Å². The van der Waals surface area contributed by atoms with E-state index in [0.29, 0.717) is 30.2 Å². The van der Waals surface area contributed by atoms with Crippen molar-refractivity contribution < 1.29 is 19.1 Å². The number of carbonyl (C=O) groups excluding carboxylic acids is 2. The SMILES string of the molecule is COCCNC(=O)c1ccc(C=C2Oc3ccccc3NC2=O)cc1. The molecule has 0 aliphatic carbocycles. The summed E-state index contributed by atoms with van der Waals surface area (Å²) in [5.74, 6) is 0.329. The minimum atomic E-state index is -0.305. The van der Waals surface area contributed by atoms with Crippen LogP contribution in [0.2, 0.25) is 0 Å². The zero-order chi connectivity index (χ0) is 17.6. The van der Waals surface area contributed by atoms with Gasteiger partial charge in [-0.05, 0) is 35.9 Å². The summed E-state index contributed by atoms with van der Waals surface area (Å²) in [5, 5.41) is 5.53. The van der Waals surface area contributed by atoms with Gasteiger partial charge in [0.05, 0.1) is 12.3 Å². The molecule has 0 atom stereocenters. The second-order valence-electron chi connectivity index (χ2n) is 5.43. The standard InChI is InChI=1S/C19H18N2O4/c1-24-11-10-20-18(22)14-8-6-13(7-9-14)12-17-19(23)21-15-4-2-3-5-16(15)25-17/h2-9,12H,10-11H2,1H3,(H,20,22)(H,21,23). The van der Waals surface area contributed by atoms with Crippen molar-refractivity contribution in [2.45, 2.75) is 0 Å². The Morgan fingerprint density at radius 2 is 1.96 bits per heavy atom. The average molecular weight is 338 g/mol. The van der Waals surface area contributed by atoms with Crippen LogP contribution < -0.4 is 15.4 Å². The van der Waals surface area contributed by atoms with Gasteiger partial charge in [0.25, 0.3) is 11.8 Å². The molecule has 1 aliphatic heterocycles. The van der Waals surface area contributed by atoms with Crippen molar-refractivity contribution in [3.8, 4) is 5.75 Å². The molecule has 25 heavy (non-hydrogen) atoms. The van der Waals surface area contributed by atoms with E-state index in [1.165, 1.54) is 0 Å². The van der Waals surface area contributed by atoms with Crippen molar-refractivity contribution in [1.82, 2.24) is 5.32 Å². The normalized spacial score (nSPS) is 14.4. The number of benzene rings is 2. The number of para-hydroxylation sites is 2. The number of rotatable bonds is 5. The number of anilines is 1. The maximum atomic E-state index is 12.1. The number of methoxy groups -OCH3 is 1. The smallest absolute Gasteiger partial charge is 0.291 e. The molecule has 1 aliphatic rings. The number of ether oxygens (including phenoxy) is 2. The average Bonchev–Trinajstić information content (AvgIpc) is 2.63. The first-order chi connectivity index (χ1) is 12.2. The van der Waals surface area contributed by atoms with E-state index in [2.05, 4.69) is 10.6 Å². The molecular formula is C19H18N2O4. The molecule has 1 heterocycles. The fourth-order valence-corrected chi connectivity index (χ4v) is 2.35.